The molecule has 1 fully saturated rings. The van der Waals surface area contributed by atoms with Crippen LogP contribution in [0, 0.1) is 0 Å². The monoisotopic (exact) mass is 207 g/mol. The fourth-order valence-corrected chi connectivity index (χ4v) is 2.14. The van der Waals surface area contributed by atoms with Gasteiger partial charge in [0, 0.05) is 30.7 Å². The number of rotatable bonds is 4. The molecule has 1 aromatic rings. The Morgan fingerprint density at radius 1 is 1.33 bits per heavy atom. The molecule has 0 unspecified atom stereocenters. The number of nitrogens with one attached hydrogen (secondary N) is 1. The minimum absolute atomic E-state index is 0.0719. The summed E-state index contributed by atoms with van der Waals surface area (Å²) >= 11 is 0. The van der Waals surface area contributed by atoms with Crippen LogP contribution in [-0.4, -0.2) is 27.2 Å². The van der Waals surface area contributed by atoms with E-state index < -0.39 is 0 Å². The van der Waals surface area contributed by atoms with Gasteiger partial charge in [-0.15, -0.1) is 0 Å². The van der Waals surface area contributed by atoms with E-state index in [-0.39, 0.29) is 12.1 Å². The third kappa shape index (κ3) is 2.52. The molecule has 1 aliphatic rings. The fourth-order valence-electron chi connectivity index (χ4n) is 2.14. The van der Waals surface area contributed by atoms with Gasteiger partial charge in [0.1, 0.15) is 0 Å². The summed E-state index contributed by atoms with van der Waals surface area (Å²) in [7, 11) is 0. The van der Waals surface area contributed by atoms with Crippen LogP contribution < -0.4 is 5.32 Å². The molecular weight excluding hydrogens is 190 g/mol. The Bertz CT molecular complexity index is 296. The van der Waals surface area contributed by atoms with Crippen molar-refractivity contribution in [3.05, 3.63) is 24.3 Å². The summed E-state index contributed by atoms with van der Waals surface area (Å²) in [5.74, 6) is 0. The summed E-state index contributed by atoms with van der Waals surface area (Å²) in [5, 5.41) is 12.8. The molecule has 1 heterocycles. The Hall–Kier alpha value is -1.00. The smallest absolute Gasteiger partial charge is 0.0724 e. The molecule has 1 aliphatic carbocycles. The summed E-state index contributed by atoms with van der Waals surface area (Å²) < 4.78 is 0. The summed E-state index contributed by atoms with van der Waals surface area (Å²) in [5.41, 5.74) is 0.856. The highest BCUT2D eigenvalue weighted by molar-refractivity contribution is 4.98. The Labute approximate surface area is 89.8 Å². The van der Waals surface area contributed by atoms with E-state index in [9.17, 15) is 5.11 Å². The largest absolute Gasteiger partial charge is 0.394 e. The normalized spacial score (nSPS) is 19.3. The van der Waals surface area contributed by atoms with Crippen LogP contribution in [0.25, 0.3) is 0 Å². The maximum atomic E-state index is 9.40. The lowest BCUT2D eigenvalue weighted by Gasteiger charge is -2.27. The van der Waals surface area contributed by atoms with Crippen molar-refractivity contribution in [3.8, 4) is 0 Å². The van der Waals surface area contributed by atoms with E-state index in [1.54, 1.807) is 18.6 Å². The first-order valence-corrected chi connectivity index (χ1v) is 5.45. The first-order chi connectivity index (χ1) is 7.35. The van der Waals surface area contributed by atoms with E-state index in [4.69, 9.17) is 0 Å². The van der Waals surface area contributed by atoms with Gasteiger partial charge in [-0.05, 0) is 12.8 Å². The lowest BCUT2D eigenvalue weighted by atomic mass is 9.99. The Balaban J connectivity index is 1.92. The van der Waals surface area contributed by atoms with Crippen LogP contribution in [0.2, 0.25) is 0 Å². The van der Waals surface area contributed by atoms with Gasteiger partial charge < -0.3 is 10.4 Å². The Morgan fingerprint density at radius 2 is 2.13 bits per heavy atom. The topological polar surface area (TPSA) is 58.0 Å². The highest BCUT2D eigenvalue weighted by Crippen LogP contribution is 2.29. The van der Waals surface area contributed by atoms with E-state index in [1.807, 2.05) is 0 Å². The van der Waals surface area contributed by atoms with E-state index >= 15 is 0 Å². The number of nitrogens with zero attached hydrogens (tertiary/aromatic N) is 2. The molecule has 15 heavy (non-hydrogen) atoms. The Morgan fingerprint density at radius 3 is 2.73 bits per heavy atom. The summed E-state index contributed by atoms with van der Waals surface area (Å²) in [6.07, 6.45) is 9.64. The number of hydrogen-bond acceptors (Lipinski definition) is 4. The van der Waals surface area contributed by atoms with E-state index in [2.05, 4.69) is 15.3 Å². The molecule has 2 rings (SSSR count). The minimum Gasteiger partial charge on any atom is -0.394 e. The zero-order chi connectivity index (χ0) is 10.6. The van der Waals surface area contributed by atoms with Crippen molar-refractivity contribution in [2.45, 2.75) is 37.8 Å². The predicted octanol–water partition coefficient (Wildman–Crippen LogP) is 0.871. The molecule has 0 saturated heterocycles. The molecule has 4 nitrogen and oxygen atoms in total. The van der Waals surface area contributed by atoms with Crippen LogP contribution in [0.5, 0.6) is 0 Å². The van der Waals surface area contributed by atoms with Crippen LogP contribution in [0.15, 0.2) is 18.6 Å². The molecule has 2 N–H and O–H groups in total. The molecule has 1 saturated carbocycles. The molecule has 0 aliphatic heterocycles. The molecule has 82 valence electrons. The van der Waals surface area contributed by atoms with Crippen LogP contribution >= 0.6 is 0 Å². The van der Waals surface area contributed by atoms with Gasteiger partial charge in [-0.25, -0.2) is 0 Å². The van der Waals surface area contributed by atoms with Gasteiger partial charge in [0.25, 0.3) is 0 Å². The number of aromatic nitrogens is 2. The molecule has 4 heteroatoms. The summed E-state index contributed by atoms with van der Waals surface area (Å²) in [6.45, 7) is 0.904. The standard InChI is InChI=1S/C11H17N3O/c15-9-11(3-1-2-4-11)14-8-10-7-12-5-6-13-10/h5-7,14-15H,1-4,8-9H2. The molecular formula is C11H17N3O. The molecule has 0 atom stereocenters. The number of hydrogen-bond donors (Lipinski definition) is 2. The van der Waals surface area contributed by atoms with Gasteiger partial charge in [-0.3, -0.25) is 9.97 Å². The van der Waals surface area contributed by atoms with Gasteiger partial charge in [0.2, 0.25) is 0 Å². The van der Waals surface area contributed by atoms with Gasteiger partial charge in [-0.2, -0.15) is 0 Å². The minimum atomic E-state index is -0.0719. The third-order valence-electron chi connectivity index (χ3n) is 3.12. The van der Waals surface area contributed by atoms with E-state index in [0.29, 0.717) is 6.54 Å². The fraction of sp³-hybridized carbons (Fsp3) is 0.636. The average molecular weight is 207 g/mol. The molecule has 0 amide bonds. The quantitative estimate of drug-likeness (QED) is 0.769. The maximum Gasteiger partial charge on any atom is 0.0724 e. The molecule has 0 aromatic carbocycles. The number of aliphatic hydroxyl groups excluding tert-OH is 1. The van der Waals surface area contributed by atoms with Crippen molar-refractivity contribution in [2.75, 3.05) is 6.61 Å². The van der Waals surface area contributed by atoms with Gasteiger partial charge in [0.05, 0.1) is 12.3 Å². The first kappa shape index (κ1) is 10.5. The van der Waals surface area contributed by atoms with Gasteiger partial charge >= 0.3 is 0 Å². The predicted molar refractivity (Wildman–Crippen MR) is 57.2 cm³/mol. The van der Waals surface area contributed by atoms with E-state index in [1.165, 1.54) is 12.8 Å². The van der Waals surface area contributed by atoms with Crippen molar-refractivity contribution in [1.29, 1.82) is 0 Å². The molecule has 0 spiro atoms. The maximum absolute atomic E-state index is 9.40. The third-order valence-corrected chi connectivity index (χ3v) is 3.12. The van der Waals surface area contributed by atoms with Crippen LogP contribution in [0.4, 0.5) is 0 Å². The van der Waals surface area contributed by atoms with Crippen molar-refractivity contribution in [3.63, 3.8) is 0 Å². The van der Waals surface area contributed by atoms with Crippen molar-refractivity contribution < 1.29 is 5.11 Å². The highest BCUT2D eigenvalue weighted by Gasteiger charge is 2.32. The lowest BCUT2D eigenvalue weighted by Crippen LogP contribution is -2.45. The van der Waals surface area contributed by atoms with Gasteiger partial charge in [-0.1, -0.05) is 12.8 Å². The molecule has 0 radical (unpaired) electrons. The average Bonchev–Trinajstić information content (AvgIpc) is 2.77. The first-order valence-electron chi connectivity index (χ1n) is 5.45. The second-order valence-electron chi connectivity index (χ2n) is 4.20. The van der Waals surface area contributed by atoms with Gasteiger partial charge in [0.15, 0.2) is 0 Å². The summed E-state index contributed by atoms with van der Waals surface area (Å²) in [4.78, 5) is 8.21. The zero-order valence-electron chi connectivity index (χ0n) is 8.82. The van der Waals surface area contributed by atoms with Crippen LogP contribution in [-0.2, 0) is 6.54 Å². The van der Waals surface area contributed by atoms with Crippen molar-refractivity contribution in [2.24, 2.45) is 0 Å². The molecule has 1 aromatic heterocycles. The lowest BCUT2D eigenvalue weighted by molar-refractivity contribution is 0.162. The zero-order valence-corrected chi connectivity index (χ0v) is 8.82. The second-order valence-corrected chi connectivity index (χ2v) is 4.20. The second kappa shape index (κ2) is 4.68. The summed E-state index contributed by atoms with van der Waals surface area (Å²) in [6, 6.07) is 0. The SMILES string of the molecule is OCC1(NCc2cnccn2)CCCC1. The van der Waals surface area contributed by atoms with Crippen LogP contribution in [0.3, 0.4) is 0 Å². The number of aliphatic hydroxyl groups is 1. The van der Waals surface area contributed by atoms with Crippen molar-refractivity contribution in [1.82, 2.24) is 15.3 Å². The van der Waals surface area contributed by atoms with Crippen LogP contribution in [0.1, 0.15) is 31.4 Å². The molecule has 0 bridgehead atoms. The van der Waals surface area contributed by atoms with E-state index in [0.717, 1.165) is 18.5 Å². The van der Waals surface area contributed by atoms with Crippen molar-refractivity contribution >= 4 is 0 Å². The highest BCUT2D eigenvalue weighted by atomic mass is 16.3. The Kier molecular flexibility index (Phi) is 3.28.